The SMILES string of the molecule is CCCOCCC(NN)c1ccnn1CCC. The molecule has 5 nitrogen and oxygen atoms in total. The second-order valence-corrected chi connectivity index (χ2v) is 4.10. The highest BCUT2D eigenvalue weighted by atomic mass is 16.5. The number of aryl methyl sites for hydroxylation is 1. The highest BCUT2D eigenvalue weighted by Crippen LogP contribution is 2.15. The summed E-state index contributed by atoms with van der Waals surface area (Å²) in [5, 5.41) is 4.30. The number of rotatable bonds is 9. The monoisotopic (exact) mass is 240 g/mol. The van der Waals surface area contributed by atoms with Gasteiger partial charge in [-0.3, -0.25) is 16.0 Å². The molecular weight excluding hydrogens is 216 g/mol. The number of aromatic nitrogens is 2. The molecule has 0 spiro atoms. The van der Waals surface area contributed by atoms with Gasteiger partial charge < -0.3 is 4.74 Å². The molecule has 98 valence electrons. The van der Waals surface area contributed by atoms with Crippen molar-refractivity contribution in [3.05, 3.63) is 18.0 Å². The third-order valence-corrected chi connectivity index (χ3v) is 2.64. The van der Waals surface area contributed by atoms with E-state index >= 15 is 0 Å². The minimum absolute atomic E-state index is 0.112. The molecule has 1 atom stereocenters. The topological polar surface area (TPSA) is 65.1 Å². The Morgan fingerprint density at radius 1 is 1.41 bits per heavy atom. The first-order valence-corrected chi connectivity index (χ1v) is 6.39. The molecule has 1 rings (SSSR count). The Labute approximate surface area is 103 Å². The van der Waals surface area contributed by atoms with Crippen molar-refractivity contribution in [2.24, 2.45) is 5.84 Å². The summed E-state index contributed by atoms with van der Waals surface area (Å²) in [6.07, 6.45) is 4.81. The van der Waals surface area contributed by atoms with Gasteiger partial charge in [0.05, 0.1) is 11.7 Å². The van der Waals surface area contributed by atoms with Crippen LogP contribution in [0.4, 0.5) is 0 Å². The van der Waals surface area contributed by atoms with E-state index in [2.05, 4.69) is 24.4 Å². The van der Waals surface area contributed by atoms with Crippen molar-refractivity contribution in [1.82, 2.24) is 15.2 Å². The molecule has 17 heavy (non-hydrogen) atoms. The number of ether oxygens (including phenoxy) is 1. The van der Waals surface area contributed by atoms with Gasteiger partial charge in [0.25, 0.3) is 0 Å². The third kappa shape index (κ3) is 4.46. The van der Waals surface area contributed by atoms with Crippen molar-refractivity contribution < 1.29 is 4.74 Å². The van der Waals surface area contributed by atoms with Gasteiger partial charge >= 0.3 is 0 Å². The van der Waals surface area contributed by atoms with E-state index in [-0.39, 0.29) is 6.04 Å². The van der Waals surface area contributed by atoms with Crippen LogP contribution in [0.2, 0.25) is 0 Å². The smallest absolute Gasteiger partial charge is 0.0650 e. The number of nitrogens with two attached hydrogens (primary N) is 1. The van der Waals surface area contributed by atoms with Gasteiger partial charge in [0.1, 0.15) is 0 Å². The van der Waals surface area contributed by atoms with Crippen LogP contribution < -0.4 is 11.3 Å². The zero-order chi connectivity index (χ0) is 12.5. The summed E-state index contributed by atoms with van der Waals surface area (Å²) in [6.45, 7) is 6.71. The first kappa shape index (κ1) is 14.2. The Morgan fingerprint density at radius 3 is 2.88 bits per heavy atom. The molecule has 0 aromatic carbocycles. The minimum Gasteiger partial charge on any atom is -0.381 e. The maximum atomic E-state index is 5.60. The van der Waals surface area contributed by atoms with Crippen LogP contribution in [0, 0.1) is 0 Å². The fraction of sp³-hybridized carbons (Fsp3) is 0.750. The van der Waals surface area contributed by atoms with Gasteiger partial charge in [-0.05, 0) is 25.3 Å². The molecule has 0 saturated heterocycles. The van der Waals surface area contributed by atoms with Crippen LogP contribution in [0.25, 0.3) is 0 Å². The fourth-order valence-corrected chi connectivity index (χ4v) is 1.80. The van der Waals surface area contributed by atoms with Gasteiger partial charge in [-0.25, -0.2) is 0 Å². The predicted molar refractivity (Wildman–Crippen MR) is 68.3 cm³/mol. The van der Waals surface area contributed by atoms with Crippen LogP contribution in [0.15, 0.2) is 12.3 Å². The number of hydrogen-bond acceptors (Lipinski definition) is 4. The van der Waals surface area contributed by atoms with Gasteiger partial charge in [-0.2, -0.15) is 5.10 Å². The number of hydrazine groups is 1. The lowest BCUT2D eigenvalue weighted by atomic mass is 10.1. The Morgan fingerprint density at radius 2 is 2.24 bits per heavy atom. The fourth-order valence-electron chi connectivity index (χ4n) is 1.80. The molecule has 3 N–H and O–H groups in total. The molecule has 1 heterocycles. The first-order valence-electron chi connectivity index (χ1n) is 6.39. The number of nitrogens with one attached hydrogen (secondary N) is 1. The Kier molecular flexibility index (Phi) is 6.84. The van der Waals surface area contributed by atoms with E-state index in [0.29, 0.717) is 0 Å². The number of nitrogens with zero attached hydrogens (tertiary/aromatic N) is 2. The molecule has 5 heteroatoms. The maximum absolute atomic E-state index is 5.60. The molecular formula is C12H24N4O. The van der Waals surface area contributed by atoms with Crippen molar-refractivity contribution >= 4 is 0 Å². The summed E-state index contributed by atoms with van der Waals surface area (Å²) in [6, 6.07) is 2.13. The summed E-state index contributed by atoms with van der Waals surface area (Å²) in [4.78, 5) is 0. The molecule has 1 aromatic rings. The van der Waals surface area contributed by atoms with Gasteiger partial charge in [0.15, 0.2) is 0 Å². The van der Waals surface area contributed by atoms with E-state index in [9.17, 15) is 0 Å². The molecule has 0 bridgehead atoms. The zero-order valence-electron chi connectivity index (χ0n) is 10.9. The molecule has 0 amide bonds. The summed E-state index contributed by atoms with van der Waals surface area (Å²) in [5.74, 6) is 5.60. The summed E-state index contributed by atoms with van der Waals surface area (Å²) < 4.78 is 7.49. The van der Waals surface area contributed by atoms with Crippen molar-refractivity contribution in [1.29, 1.82) is 0 Å². The zero-order valence-corrected chi connectivity index (χ0v) is 10.9. The molecule has 0 aliphatic carbocycles. The predicted octanol–water partition coefficient (Wildman–Crippen LogP) is 1.61. The van der Waals surface area contributed by atoms with Crippen molar-refractivity contribution in [3.63, 3.8) is 0 Å². The van der Waals surface area contributed by atoms with E-state index in [1.807, 2.05) is 16.9 Å². The largest absolute Gasteiger partial charge is 0.381 e. The lowest BCUT2D eigenvalue weighted by Gasteiger charge is -2.17. The van der Waals surface area contributed by atoms with E-state index in [1.165, 1.54) is 0 Å². The lowest BCUT2D eigenvalue weighted by Crippen LogP contribution is -2.31. The summed E-state index contributed by atoms with van der Waals surface area (Å²) in [7, 11) is 0. The molecule has 0 aliphatic rings. The van der Waals surface area contributed by atoms with E-state index in [4.69, 9.17) is 10.6 Å². The van der Waals surface area contributed by atoms with Gasteiger partial charge in [0.2, 0.25) is 0 Å². The maximum Gasteiger partial charge on any atom is 0.0650 e. The van der Waals surface area contributed by atoms with Crippen molar-refractivity contribution in [2.75, 3.05) is 13.2 Å². The first-order chi connectivity index (χ1) is 8.33. The van der Waals surface area contributed by atoms with Crippen LogP contribution >= 0.6 is 0 Å². The van der Waals surface area contributed by atoms with Crippen LogP contribution in [0.5, 0.6) is 0 Å². The summed E-state index contributed by atoms with van der Waals surface area (Å²) in [5.41, 5.74) is 3.97. The van der Waals surface area contributed by atoms with Gasteiger partial charge in [-0.1, -0.05) is 13.8 Å². The molecule has 0 aliphatic heterocycles. The minimum atomic E-state index is 0.112. The Balaban J connectivity index is 2.50. The van der Waals surface area contributed by atoms with Crippen molar-refractivity contribution in [3.8, 4) is 0 Å². The lowest BCUT2D eigenvalue weighted by molar-refractivity contribution is 0.123. The van der Waals surface area contributed by atoms with Crippen LogP contribution in [0.1, 0.15) is 44.8 Å². The van der Waals surface area contributed by atoms with Crippen molar-refractivity contribution in [2.45, 2.75) is 45.7 Å². The average Bonchev–Trinajstić information content (AvgIpc) is 2.78. The normalized spacial score (nSPS) is 12.9. The van der Waals surface area contributed by atoms with Crippen LogP contribution in [0.3, 0.4) is 0 Å². The molecule has 0 fully saturated rings. The summed E-state index contributed by atoms with van der Waals surface area (Å²) >= 11 is 0. The van der Waals surface area contributed by atoms with Crippen LogP contribution in [-0.2, 0) is 11.3 Å². The van der Waals surface area contributed by atoms with Gasteiger partial charge in [0, 0.05) is 26.0 Å². The number of hydrogen-bond donors (Lipinski definition) is 2. The van der Waals surface area contributed by atoms with E-state index < -0.39 is 0 Å². The molecule has 1 aromatic heterocycles. The highest BCUT2D eigenvalue weighted by molar-refractivity contribution is 5.06. The molecule has 0 saturated carbocycles. The standard InChI is InChI=1S/C12H24N4O/c1-3-8-16-12(5-7-14-16)11(15-13)6-10-17-9-4-2/h5,7,11,15H,3-4,6,8-10,13H2,1-2H3. The van der Waals surface area contributed by atoms with E-state index in [0.717, 1.165) is 44.7 Å². The highest BCUT2D eigenvalue weighted by Gasteiger charge is 2.14. The molecule has 1 unspecified atom stereocenters. The van der Waals surface area contributed by atoms with Gasteiger partial charge in [-0.15, -0.1) is 0 Å². The Bertz CT molecular complexity index is 300. The Hall–Kier alpha value is -0.910. The second kappa shape index (κ2) is 8.22. The second-order valence-electron chi connectivity index (χ2n) is 4.10. The quantitative estimate of drug-likeness (QED) is 0.391. The average molecular weight is 240 g/mol. The molecule has 0 radical (unpaired) electrons. The van der Waals surface area contributed by atoms with Crippen LogP contribution in [-0.4, -0.2) is 23.0 Å². The third-order valence-electron chi connectivity index (χ3n) is 2.64. The van der Waals surface area contributed by atoms with E-state index in [1.54, 1.807) is 0 Å².